The van der Waals surface area contributed by atoms with Crippen molar-refractivity contribution in [2.45, 2.75) is 38.1 Å². The minimum absolute atomic E-state index is 0.285. The molecule has 0 bridgehead atoms. The van der Waals surface area contributed by atoms with Crippen molar-refractivity contribution in [3.8, 4) is 0 Å². The summed E-state index contributed by atoms with van der Waals surface area (Å²) < 4.78 is 0. The predicted molar refractivity (Wildman–Crippen MR) is 66.6 cm³/mol. The van der Waals surface area contributed by atoms with E-state index in [4.69, 9.17) is 5.11 Å². The van der Waals surface area contributed by atoms with Gasteiger partial charge in [0.25, 0.3) is 0 Å². The summed E-state index contributed by atoms with van der Waals surface area (Å²) in [7, 11) is 0. The van der Waals surface area contributed by atoms with E-state index in [2.05, 4.69) is 29.6 Å². The Bertz CT molecular complexity index is 301. The summed E-state index contributed by atoms with van der Waals surface area (Å²) in [5, 5.41) is 12.3. The smallest absolute Gasteiger partial charge is 0.0434 e. The predicted octanol–water partition coefficient (Wildman–Crippen LogP) is 1.91. The molecule has 2 nitrogen and oxygen atoms in total. The van der Waals surface area contributed by atoms with Crippen molar-refractivity contribution in [3.63, 3.8) is 0 Å². The van der Waals surface area contributed by atoms with Crippen molar-refractivity contribution in [1.29, 1.82) is 0 Å². The summed E-state index contributed by atoms with van der Waals surface area (Å²) in [5.41, 5.74) is 2.75. The van der Waals surface area contributed by atoms with Gasteiger partial charge in [0, 0.05) is 12.6 Å². The van der Waals surface area contributed by atoms with E-state index in [-0.39, 0.29) is 6.61 Å². The number of aryl methyl sites for hydroxylation is 1. The number of rotatable bonds is 5. The Labute approximate surface area is 97.7 Å². The molecule has 1 aromatic carbocycles. The van der Waals surface area contributed by atoms with E-state index < -0.39 is 0 Å². The number of hydrogen-bond donors (Lipinski definition) is 2. The van der Waals surface area contributed by atoms with Crippen LogP contribution in [0.3, 0.4) is 0 Å². The van der Waals surface area contributed by atoms with Crippen molar-refractivity contribution >= 4 is 0 Å². The van der Waals surface area contributed by atoms with Crippen LogP contribution < -0.4 is 5.32 Å². The third-order valence-electron chi connectivity index (χ3n) is 3.29. The van der Waals surface area contributed by atoms with Gasteiger partial charge in [-0.25, -0.2) is 0 Å². The molecule has 2 rings (SSSR count). The van der Waals surface area contributed by atoms with E-state index in [0.717, 1.165) is 19.3 Å². The maximum atomic E-state index is 8.76. The highest BCUT2D eigenvalue weighted by molar-refractivity contribution is 5.23. The van der Waals surface area contributed by atoms with Gasteiger partial charge in [-0.3, -0.25) is 0 Å². The number of benzene rings is 1. The summed E-state index contributed by atoms with van der Waals surface area (Å²) in [6.45, 7) is 1.47. The minimum atomic E-state index is 0.285. The number of nitrogens with one attached hydrogen (secondary N) is 1. The standard InChI is InChI=1S/C14H21NO/c16-10-2-3-12-5-7-13(8-6-12)11-14-4-1-9-15-14/h5-8,14-16H,1-4,9-11H2. The fraction of sp³-hybridized carbons (Fsp3) is 0.571. The molecule has 0 amide bonds. The van der Waals surface area contributed by atoms with Gasteiger partial charge in [-0.05, 0) is 49.8 Å². The fourth-order valence-corrected chi connectivity index (χ4v) is 2.34. The Balaban J connectivity index is 1.86. The Morgan fingerprint density at radius 3 is 2.56 bits per heavy atom. The molecule has 1 aromatic rings. The monoisotopic (exact) mass is 219 g/mol. The lowest BCUT2D eigenvalue weighted by Crippen LogP contribution is -2.23. The number of aliphatic hydroxyl groups is 1. The van der Waals surface area contributed by atoms with Crippen LogP contribution in [-0.2, 0) is 12.8 Å². The molecule has 0 saturated carbocycles. The van der Waals surface area contributed by atoms with E-state index in [0.29, 0.717) is 6.04 Å². The second-order valence-electron chi connectivity index (χ2n) is 4.64. The van der Waals surface area contributed by atoms with E-state index in [9.17, 15) is 0 Å². The molecule has 1 fully saturated rings. The third-order valence-corrected chi connectivity index (χ3v) is 3.29. The highest BCUT2D eigenvalue weighted by atomic mass is 16.2. The van der Waals surface area contributed by atoms with Crippen LogP contribution in [0.4, 0.5) is 0 Å². The van der Waals surface area contributed by atoms with E-state index >= 15 is 0 Å². The maximum Gasteiger partial charge on any atom is 0.0434 e. The van der Waals surface area contributed by atoms with Crippen LogP contribution >= 0.6 is 0 Å². The van der Waals surface area contributed by atoms with Gasteiger partial charge in [-0.2, -0.15) is 0 Å². The van der Waals surface area contributed by atoms with Crippen LogP contribution in [0, 0.1) is 0 Å². The van der Waals surface area contributed by atoms with Crippen molar-refractivity contribution < 1.29 is 5.11 Å². The topological polar surface area (TPSA) is 32.3 Å². The molecule has 1 atom stereocenters. The molecule has 0 radical (unpaired) electrons. The summed E-state index contributed by atoms with van der Waals surface area (Å²) in [6.07, 6.45) is 5.63. The maximum absolute atomic E-state index is 8.76. The SMILES string of the molecule is OCCCc1ccc(CC2CCCN2)cc1. The van der Waals surface area contributed by atoms with Crippen molar-refractivity contribution in [2.75, 3.05) is 13.2 Å². The van der Waals surface area contributed by atoms with Crippen LogP contribution in [0.2, 0.25) is 0 Å². The van der Waals surface area contributed by atoms with E-state index in [1.165, 1.54) is 30.5 Å². The van der Waals surface area contributed by atoms with Gasteiger partial charge in [0.2, 0.25) is 0 Å². The Morgan fingerprint density at radius 1 is 1.19 bits per heavy atom. The average Bonchev–Trinajstić information content (AvgIpc) is 2.81. The zero-order chi connectivity index (χ0) is 11.2. The molecule has 1 heterocycles. The molecule has 2 N–H and O–H groups in total. The van der Waals surface area contributed by atoms with Crippen molar-refractivity contribution in [2.24, 2.45) is 0 Å². The Hall–Kier alpha value is -0.860. The third kappa shape index (κ3) is 3.32. The average molecular weight is 219 g/mol. The largest absolute Gasteiger partial charge is 0.396 e. The summed E-state index contributed by atoms with van der Waals surface area (Å²) in [6, 6.07) is 9.53. The van der Waals surface area contributed by atoms with Crippen LogP contribution in [-0.4, -0.2) is 24.3 Å². The lowest BCUT2D eigenvalue weighted by atomic mass is 10.0. The number of hydrogen-bond acceptors (Lipinski definition) is 2. The van der Waals surface area contributed by atoms with Crippen LogP contribution in [0.5, 0.6) is 0 Å². The molecule has 0 aromatic heterocycles. The first kappa shape index (κ1) is 11.6. The number of aliphatic hydroxyl groups excluding tert-OH is 1. The molecule has 88 valence electrons. The highest BCUT2D eigenvalue weighted by Gasteiger charge is 2.13. The van der Waals surface area contributed by atoms with E-state index in [1.54, 1.807) is 0 Å². The second-order valence-corrected chi connectivity index (χ2v) is 4.64. The van der Waals surface area contributed by atoms with Crippen molar-refractivity contribution in [3.05, 3.63) is 35.4 Å². The van der Waals surface area contributed by atoms with Gasteiger partial charge in [0.15, 0.2) is 0 Å². The molecule has 0 spiro atoms. The molecule has 1 unspecified atom stereocenters. The molecule has 16 heavy (non-hydrogen) atoms. The first-order valence-corrected chi connectivity index (χ1v) is 6.30. The molecular weight excluding hydrogens is 198 g/mol. The lowest BCUT2D eigenvalue weighted by molar-refractivity contribution is 0.288. The summed E-state index contributed by atoms with van der Waals surface area (Å²) in [4.78, 5) is 0. The van der Waals surface area contributed by atoms with Gasteiger partial charge in [0.1, 0.15) is 0 Å². The zero-order valence-corrected chi connectivity index (χ0v) is 9.78. The lowest BCUT2D eigenvalue weighted by Gasteiger charge is -2.10. The van der Waals surface area contributed by atoms with Gasteiger partial charge < -0.3 is 10.4 Å². The van der Waals surface area contributed by atoms with Crippen molar-refractivity contribution in [1.82, 2.24) is 5.32 Å². The quantitative estimate of drug-likeness (QED) is 0.793. The zero-order valence-electron chi connectivity index (χ0n) is 9.78. The van der Waals surface area contributed by atoms with Gasteiger partial charge in [0.05, 0.1) is 0 Å². The second kappa shape index (κ2) is 6.02. The summed E-state index contributed by atoms with van der Waals surface area (Å²) >= 11 is 0. The molecule has 1 aliphatic heterocycles. The highest BCUT2D eigenvalue weighted by Crippen LogP contribution is 2.13. The fourth-order valence-electron chi connectivity index (χ4n) is 2.34. The molecular formula is C14H21NO. The van der Waals surface area contributed by atoms with Gasteiger partial charge in [-0.15, -0.1) is 0 Å². The molecule has 1 saturated heterocycles. The van der Waals surface area contributed by atoms with Crippen LogP contribution in [0.1, 0.15) is 30.4 Å². The summed E-state index contributed by atoms with van der Waals surface area (Å²) in [5.74, 6) is 0. The van der Waals surface area contributed by atoms with Gasteiger partial charge >= 0.3 is 0 Å². The normalized spacial score (nSPS) is 20.2. The Kier molecular flexibility index (Phi) is 4.37. The van der Waals surface area contributed by atoms with Crippen LogP contribution in [0.15, 0.2) is 24.3 Å². The first-order chi connectivity index (χ1) is 7.88. The van der Waals surface area contributed by atoms with Crippen LogP contribution in [0.25, 0.3) is 0 Å². The Morgan fingerprint density at radius 2 is 1.94 bits per heavy atom. The molecule has 1 aliphatic rings. The minimum Gasteiger partial charge on any atom is -0.396 e. The van der Waals surface area contributed by atoms with Gasteiger partial charge in [-0.1, -0.05) is 24.3 Å². The van der Waals surface area contributed by atoms with E-state index in [1.807, 2.05) is 0 Å². The molecule has 2 heteroatoms. The first-order valence-electron chi connectivity index (χ1n) is 6.30. The molecule has 0 aliphatic carbocycles.